The number of fused-ring (bicyclic) bond motifs is 1. The fourth-order valence-electron chi connectivity index (χ4n) is 1.86. The molecule has 3 rings (SSSR count). The molecule has 0 aliphatic heterocycles. The predicted molar refractivity (Wildman–Crippen MR) is 74.2 cm³/mol. The zero-order valence-corrected chi connectivity index (χ0v) is 12.1. The van der Waals surface area contributed by atoms with Crippen molar-refractivity contribution in [1.82, 2.24) is 29.9 Å². The summed E-state index contributed by atoms with van der Waals surface area (Å²) in [5.74, 6) is 1.98. The zero-order valence-electron chi connectivity index (χ0n) is 11.3. The number of aromatic nitrogens is 6. The maximum Gasteiger partial charge on any atom is 0.237 e. The lowest BCUT2D eigenvalue weighted by Gasteiger charge is -1.99. The van der Waals surface area contributed by atoms with Crippen molar-refractivity contribution in [2.45, 2.75) is 30.5 Å². The Kier molecular flexibility index (Phi) is 3.64. The third kappa shape index (κ3) is 2.51. The average molecular weight is 290 g/mol. The first kappa shape index (κ1) is 13.0. The molecule has 3 heterocycles. The lowest BCUT2D eigenvalue weighted by Crippen LogP contribution is -1.93. The Bertz CT molecular complexity index is 722. The van der Waals surface area contributed by atoms with E-state index >= 15 is 0 Å². The molecule has 0 spiro atoms. The maximum atomic E-state index is 5.21. The van der Waals surface area contributed by atoms with Crippen LogP contribution in [-0.2, 0) is 19.2 Å². The molecule has 0 atom stereocenters. The molecule has 7 nitrogen and oxygen atoms in total. The van der Waals surface area contributed by atoms with Crippen LogP contribution in [0.3, 0.4) is 0 Å². The summed E-state index contributed by atoms with van der Waals surface area (Å²) >= 11 is 1.55. The van der Waals surface area contributed by atoms with E-state index in [1.165, 1.54) is 0 Å². The van der Waals surface area contributed by atoms with E-state index in [1.54, 1.807) is 29.0 Å². The molecule has 0 aliphatic carbocycles. The third-order valence-electron chi connectivity index (χ3n) is 2.81. The second-order valence-corrected chi connectivity index (χ2v) is 5.29. The minimum atomic E-state index is 0.595. The second kappa shape index (κ2) is 5.58. The van der Waals surface area contributed by atoms with Crippen molar-refractivity contribution in [2.75, 3.05) is 0 Å². The summed E-state index contributed by atoms with van der Waals surface area (Å²) in [4.78, 5) is 12.8. The molecule has 0 aliphatic rings. The van der Waals surface area contributed by atoms with Crippen molar-refractivity contribution in [3.05, 3.63) is 24.2 Å². The largest absolute Gasteiger partial charge is 0.338 e. The fourth-order valence-corrected chi connectivity index (χ4v) is 2.66. The first-order valence-electron chi connectivity index (χ1n) is 6.35. The van der Waals surface area contributed by atoms with Gasteiger partial charge in [0.25, 0.3) is 0 Å². The van der Waals surface area contributed by atoms with Crippen molar-refractivity contribution < 1.29 is 4.52 Å². The van der Waals surface area contributed by atoms with Gasteiger partial charge in [0.05, 0.1) is 17.3 Å². The lowest BCUT2D eigenvalue weighted by atomic mass is 10.3. The van der Waals surface area contributed by atoms with Crippen LogP contribution in [0.1, 0.15) is 25.1 Å². The van der Waals surface area contributed by atoms with Crippen LogP contribution in [0.25, 0.3) is 11.0 Å². The number of rotatable bonds is 5. The third-order valence-corrected chi connectivity index (χ3v) is 3.80. The van der Waals surface area contributed by atoms with Crippen LogP contribution >= 0.6 is 11.8 Å². The summed E-state index contributed by atoms with van der Waals surface area (Å²) in [7, 11) is 1.86. The summed E-state index contributed by atoms with van der Waals surface area (Å²) in [5.41, 5.74) is 0.819. The van der Waals surface area contributed by atoms with Gasteiger partial charge in [-0.15, -0.1) is 0 Å². The predicted octanol–water partition coefficient (Wildman–Crippen LogP) is 1.99. The van der Waals surface area contributed by atoms with Crippen molar-refractivity contribution in [3.8, 4) is 0 Å². The van der Waals surface area contributed by atoms with Crippen molar-refractivity contribution in [3.63, 3.8) is 0 Å². The molecule has 0 saturated carbocycles. The van der Waals surface area contributed by atoms with Gasteiger partial charge in [-0.25, -0.2) is 9.97 Å². The summed E-state index contributed by atoms with van der Waals surface area (Å²) < 4.78 is 6.94. The van der Waals surface area contributed by atoms with Crippen LogP contribution < -0.4 is 0 Å². The van der Waals surface area contributed by atoms with E-state index in [0.717, 1.165) is 34.7 Å². The monoisotopic (exact) mass is 290 g/mol. The Balaban J connectivity index is 1.76. The van der Waals surface area contributed by atoms with E-state index in [2.05, 4.69) is 32.1 Å². The molecule has 20 heavy (non-hydrogen) atoms. The lowest BCUT2D eigenvalue weighted by molar-refractivity contribution is 0.384. The molecule has 0 bridgehead atoms. The highest BCUT2D eigenvalue weighted by Gasteiger charge is 2.11. The molecule has 0 fully saturated rings. The van der Waals surface area contributed by atoms with E-state index in [1.807, 2.05) is 7.05 Å². The number of hydrogen-bond acceptors (Lipinski definition) is 7. The smallest absolute Gasteiger partial charge is 0.237 e. The van der Waals surface area contributed by atoms with Crippen LogP contribution in [0.15, 0.2) is 22.1 Å². The van der Waals surface area contributed by atoms with Crippen LogP contribution in [0.2, 0.25) is 0 Å². The molecule has 3 aromatic rings. The van der Waals surface area contributed by atoms with E-state index in [0.29, 0.717) is 11.6 Å². The molecule has 104 valence electrons. The summed E-state index contributed by atoms with van der Waals surface area (Å²) in [6.07, 6.45) is 5.17. The van der Waals surface area contributed by atoms with E-state index in [-0.39, 0.29) is 0 Å². The Labute approximate surface area is 119 Å². The normalized spacial score (nSPS) is 11.3. The van der Waals surface area contributed by atoms with Gasteiger partial charge in [0, 0.05) is 13.5 Å². The van der Waals surface area contributed by atoms with Crippen LogP contribution in [0.4, 0.5) is 0 Å². The standard InChI is InChI=1S/C12H14N6OS/c1-3-4-9-16-10(19-17-9)6-20-12-8-5-15-18(2)11(8)13-7-14-12/h5,7H,3-4,6H2,1-2H3. The maximum absolute atomic E-state index is 5.21. The molecule has 8 heteroatoms. The average Bonchev–Trinajstić information content (AvgIpc) is 3.05. The Morgan fingerprint density at radius 2 is 2.25 bits per heavy atom. The molecule has 3 aromatic heterocycles. The second-order valence-electron chi connectivity index (χ2n) is 4.33. The molecular formula is C12H14N6OS. The Morgan fingerprint density at radius 3 is 3.10 bits per heavy atom. The minimum absolute atomic E-state index is 0.595. The zero-order chi connectivity index (χ0) is 13.9. The van der Waals surface area contributed by atoms with Gasteiger partial charge in [-0.1, -0.05) is 23.8 Å². The molecule has 0 amide bonds. The molecule has 0 radical (unpaired) electrons. The van der Waals surface area contributed by atoms with Gasteiger partial charge in [-0.05, 0) is 6.42 Å². The van der Waals surface area contributed by atoms with Crippen LogP contribution in [-0.4, -0.2) is 29.9 Å². The summed E-state index contributed by atoms with van der Waals surface area (Å²) in [5, 5.41) is 9.94. The Hall–Kier alpha value is -1.96. The summed E-state index contributed by atoms with van der Waals surface area (Å²) in [6, 6.07) is 0. The first-order valence-corrected chi connectivity index (χ1v) is 7.33. The van der Waals surface area contributed by atoms with Gasteiger partial charge in [0.15, 0.2) is 11.5 Å². The van der Waals surface area contributed by atoms with Crippen LogP contribution in [0.5, 0.6) is 0 Å². The highest BCUT2D eigenvalue weighted by atomic mass is 32.2. The summed E-state index contributed by atoms with van der Waals surface area (Å²) in [6.45, 7) is 2.09. The van der Waals surface area contributed by atoms with Gasteiger partial charge in [0.2, 0.25) is 5.89 Å². The number of aryl methyl sites for hydroxylation is 2. The SMILES string of the molecule is CCCc1noc(CSc2ncnc3c2cnn3C)n1. The fraction of sp³-hybridized carbons (Fsp3) is 0.417. The molecule has 0 unspecified atom stereocenters. The first-order chi connectivity index (χ1) is 9.78. The molecule has 0 aromatic carbocycles. The van der Waals surface area contributed by atoms with Gasteiger partial charge in [-0.2, -0.15) is 10.1 Å². The number of thioether (sulfide) groups is 1. The Morgan fingerprint density at radius 1 is 1.35 bits per heavy atom. The van der Waals surface area contributed by atoms with Gasteiger partial charge >= 0.3 is 0 Å². The van der Waals surface area contributed by atoms with Crippen molar-refractivity contribution >= 4 is 22.8 Å². The number of hydrogen-bond donors (Lipinski definition) is 0. The van der Waals surface area contributed by atoms with E-state index < -0.39 is 0 Å². The minimum Gasteiger partial charge on any atom is -0.338 e. The van der Waals surface area contributed by atoms with Gasteiger partial charge in [-0.3, -0.25) is 4.68 Å². The van der Waals surface area contributed by atoms with E-state index in [4.69, 9.17) is 4.52 Å². The highest BCUT2D eigenvalue weighted by Crippen LogP contribution is 2.26. The van der Waals surface area contributed by atoms with Crippen molar-refractivity contribution in [1.29, 1.82) is 0 Å². The highest BCUT2D eigenvalue weighted by molar-refractivity contribution is 7.98. The topological polar surface area (TPSA) is 82.5 Å². The van der Waals surface area contributed by atoms with Crippen LogP contribution in [0, 0.1) is 0 Å². The van der Waals surface area contributed by atoms with Gasteiger partial charge < -0.3 is 4.52 Å². The molecular weight excluding hydrogens is 276 g/mol. The molecule has 0 N–H and O–H groups in total. The quantitative estimate of drug-likeness (QED) is 0.525. The number of nitrogens with zero attached hydrogens (tertiary/aromatic N) is 6. The van der Waals surface area contributed by atoms with E-state index in [9.17, 15) is 0 Å². The van der Waals surface area contributed by atoms with Crippen molar-refractivity contribution in [2.24, 2.45) is 7.05 Å². The van der Waals surface area contributed by atoms with Gasteiger partial charge in [0.1, 0.15) is 11.4 Å². The molecule has 0 saturated heterocycles.